The van der Waals surface area contributed by atoms with Crippen LogP contribution in [0.5, 0.6) is 17.2 Å². The van der Waals surface area contributed by atoms with E-state index in [-0.39, 0.29) is 0 Å². The van der Waals surface area contributed by atoms with Crippen LogP contribution in [0.25, 0.3) is 0 Å². The van der Waals surface area contributed by atoms with Gasteiger partial charge in [0.05, 0.1) is 14.2 Å². The van der Waals surface area contributed by atoms with Gasteiger partial charge in [0.25, 0.3) is 0 Å². The van der Waals surface area contributed by atoms with Gasteiger partial charge in [0.1, 0.15) is 23.9 Å². The lowest BCUT2D eigenvalue weighted by Crippen LogP contribution is -2.02. The number of nitrogens with two attached hydrogens (primary N) is 1. The molecule has 0 spiro atoms. The lowest BCUT2D eigenvalue weighted by molar-refractivity contribution is 0.303. The second-order valence-electron chi connectivity index (χ2n) is 4.69. The average Bonchev–Trinajstić information content (AvgIpc) is 2.54. The summed E-state index contributed by atoms with van der Waals surface area (Å²) >= 11 is 0. The van der Waals surface area contributed by atoms with Crippen molar-refractivity contribution >= 4 is 0 Å². The first-order chi connectivity index (χ1) is 10.2. The molecule has 2 N–H and O–H groups in total. The third kappa shape index (κ3) is 4.39. The molecule has 0 radical (unpaired) electrons. The minimum Gasteiger partial charge on any atom is -0.497 e. The van der Waals surface area contributed by atoms with Crippen LogP contribution in [0.3, 0.4) is 0 Å². The summed E-state index contributed by atoms with van der Waals surface area (Å²) in [6, 6.07) is 13.7. The number of ether oxygens (including phenoxy) is 3. The SMILES string of the molecule is COc1cc(COc2ccc(CCN)cc2)cc(OC)c1. The molecule has 0 aliphatic heterocycles. The van der Waals surface area contributed by atoms with Crippen molar-refractivity contribution in [3.8, 4) is 17.2 Å². The van der Waals surface area contributed by atoms with Crippen molar-refractivity contribution < 1.29 is 14.2 Å². The number of benzene rings is 2. The Kier molecular flexibility index (Phi) is 5.46. The quantitative estimate of drug-likeness (QED) is 0.851. The van der Waals surface area contributed by atoms with E-state index in [4.69, 9.17) is 19.9 Å². The molecule has 21 heavy (non-hydrogen) atoms. The zero-order valence-electron chi connectivity index (χ0n) is 12.5. The van der Waals surface area contributed by atoms with Crippen molar-refractivity contribution in [2.45, 2.75) is 13.0 Å². The van der Waals surface area contributed by atoms with Gasteiger partial charge < -0.3 is 19.9 Å². The van der Waals surface area contributed by atoms with E-state index in [1.165, 1.54) is 5.56 Å². The maximum absolute atomic E-state index is 5.78. The van der Waals surface area contributed by atoms with Crippen molar-refractivity contribution in [2.24, 2.45) is 5.73 Å². The van der Waals surface area contributed by atoms with Gasteiger partial charge in [0.2, 0.25) is 0 Å². The van der Waals surface area contributed by atoms with Gasteiger partial charge in [-0.2, -0.15) is 0 Å². The van der Waals surface area contributed by atoms with Gasteiger partial charge in [0.15, 0.2) is 0 Å². The summed E-state index contributed by atoms with van der Waals surface area (Å²) in [5.41, 5.74) is 7.75. The Labute approximate surface area is 125 Å². The normalized spacial score (nSPS) is 10.2. The third-order valence-electron chi connectivity index (χ3n) is 3.17. The molecular weight excluding hydrogens is 266 g/mol. The molecule has 0 bridgehead atoms. The van der Waals surface area contributed by atoms with Gasteiger partial charge in [-0.05, 0) is 48.4 Å². The predicted octanol–water partition coefficient (Wildman–Crippen LogP) is 2.78. The lowest BCUT2D eigenvalue weighted by Gasteiger charge is -2.10. The molecule has 0 saturated heterocycles. The minimum absolute atomic E-state index is 0.462. The Morgan fingerprint density at radius 3 is 1.95 bits per heavy atom. The van der Waals surface area contributed by atoms with Crippen LogP contribution in [-0.2, 0) is 13.0 Å². The summed E-state index contributed by atoms with van der Waals surface area (Å²) in [4.78, 5) is 0. The Morgan fingerprint density at radius 1 is 0.810 bits per heavy atom. The molecule has 0 aliphatic carbocycles. The smallest absolute Gasteiger partial charge is 0.122 e. The van der Waals surface area contributed by atoms with Crippen LogP contribution in [0, 0.1) is 0 Å². The molecule has 0 aliphatic rings. The lowest BCUT2D eigenvalue weighted by atomic mass is 10.1. The largest absolute Gasteiger partial charge is 0.497 e. The molecule has 4 nitrogen and oxygen atoms in total. The van der Waals surface area contributed by atoms with E-state index in [2.05, 4.69) is 0 Å². The van der Waals surface area contributed by atoms with E-state index in [0.717, 1.165) is 29.2 Å². The van der Waals surface area contributed by atoms with Crippen LogP contribution in [0.4, 0.5) is 0 Å². The van der Waals surface area contributed by atoms with E-state index >= 15 is 0 Å². The van der Waals surface area contributed by atoms with Crippen molar-refractivity contribution in [3.05, 3.63) is 53.6 Å². The van der Waals surface area contributed by atoms with Gasteiger partial charge in [0, 0.05) is 6.07 Å². The summed E-state index contributed by atoms with van der Waals surface area (Å²) in [7, 11) is 3.27. The molecule has 4 heteroatoms. The highest BCUT2D eigenvalue weighted by Gasteiger charge is 2.03. The van der Waals surface area contributed by atoms with E-state index in [0.29, 0.717) is 13.2 Å². The maximum atomic E-state index is 5.78. The Hall–Kier alpha value is -2.20. The minimum atomic E-state index is 0.462. The standard InChI is InChI=1S/C17H21NO3/c1-19-16-9-14(10-17(11-16)20-2)12-21-15-5-3-13(4-6-15)7-8-18/h3-6,9-11H,7-8,12,18H2,1-2H3. The fourth-order valence-electron chi connectivity index (χ4n) is 2.04. The molecule has 0 aromatic heterocycles. The Balaban J connectivity index is 2.01. The van der Waals surface area contributed by atoms with Gasteiger partial charge in [-0.1, -0.05) is 12.1 Å². The van der Waals surface area contributed by atoms with Crippen molar-refractivity contribution in [1.29, 1.82) is 0 Å². The highest BCUT2D eigenvalue weighted by atomic mass is 16.5. The molecule has 0 heterocycles. The van der Waals surface area contributed by atoms with Crippen LogP contribution in [0.1, 0.15) is 11.1 Å². The predicted molar refractivity (Wildman–Crippen MR) is 83.1 cm³/mol. The van der Waals surface area contributed by atoms with Crippen LogP contribution in [0.15, 0.2) is 42.5 Å². The summed E-state index contributed by atoms with van der Waals surface area (Å²) in [6.45, 7) is 1.12. The van der Waals surface area contributed by atoms with Crippen molar-refractivity contribution in [2.75, 3.05) is 20.8 Å². The molecular formula is C17H21NO3. The Morgan fingerprint density at radius 2 is 1.43 bits per heavy atom. The molecule has 2 aromatic carbocycles. The summed E-state index contributed by atoms with van der Waals surface area (Å²) < 4.78 is 16.3. The molecule has 0 fully saturated rings. The van der Waals surface area contributed by atoms with Crippen LogP contribution >= 0.6 is 0 Å². The molecule has 112 valence electrons. The molecule has 0 atom stereocenters. The van der Waals surface area contributed by atoms with Gasteiger partial charge in [-0.25, -0.2) is 0 Å². The monoisotopic (exact) mass is 287 g/mol. The number of hydrogen-bond acceptors (Lipinski definition) is 4. The van der Waals surface area contributed by atoms with Crippen molar-refractivity contribution in [3.63, 3.8) is 0 Å². The van der Waals surface area contributed by atoms with Crippen LogP contribution in [-0.4, -0.2) is 20.8 Å². The van der Waals surface area contributed by atoms with Gasteiger partial charge in [-0.15, -0.1) is 0 Å². The number of hydrogen-bond donors (Lipinski definition) is 1. The zero-order valence-corrected chi connectivity index (χ0v) is 12.5. The zero-order chi connectivity index (χ0) is 15.1. The first-order valence-corrected chi connectivity index (χ1v) is 6.89. The molecule has 0 saturated carbocycles. The molecule has 2 aromatic rings. The molecule has 0 amide bonds. The van der Waals surface area contributed by atoms with Gasteiger partial charge >= 0.3 is 0 Å². The fraction of sp³-hybridized carbons (Fsp3) is 0.294. The summed E-state index contributed by atoms with van der Waals surface area (Å²) in [6.07, 6.45) is 0.882. The van der Waals surface area contributed by atoms with E-state index in [1.54, 1.807) is 14.2 Å². The summed E-state index contributed by atoms with van der Waals surface area (Å²) in [5.74, 6) is 2.34. The van der Waals surface area contributed by atoms with E-state index < -0.39 is 0 Å². The number of methoxy groups -OCH3 is 2. The molecule has 2 rings (SSSR count). The van der Waals surface area contributed by atoms with E-state index in [1.807, 2.05) is 42.5 Å². The summed E-state index contributed by atoms with van der Waals surface area (Å²) in [5, 5.41) is 0. The Bertz CT molecular complexity index is 544. The topological polar surface area (TPSA) is 53.7 Å². The van der Waals surface area contributed by atoms with Crippen LogP contribution in [0.2, 0.25) is 0 Å². The van der Waals surface area contributed by atoms with E-state index in [9.17, 15) is 0 Å². The molecule has 0 unspecified atom stereocenters. The second-order valence-corrected chi connectivity index (χ2v) is 4.69. The fourth-order valence-corrected chi connectivity index (χ4v) is 2.04. The number of rotatable bonds is 7. The first-order valence-electron chi connectivity index (χ1n) is 6.89. The average molecular weight is 287 g/mol. The highest BCUT2D eigenvalue weighted by Crippen LogP contribution is 2.23. The highest BCUT2D eigenvalue weighted by molar-refractivity contribution is 5.38. The second kappa shape index (κ2) is 7.55. The van der Waals surface area contributed by atoms with Gasteiger partial charge in [-0.3, -0.25) is 0 Å². The van der Waals surface area contributed by atoms with Crippen molar-refractivity contribution in [1.82, 2.24) is 0 Å². The maximum Gasteiger partial charge on any atom is 0.122 e. The third-order valence-corrected chi connectivity index (χ3v) is 3.17. The first kappa shape index (κ1) is 15.2. The van der Waals surface area contributed by atoms with Crippen LogP contribution < -0.4 is 19.9 Å².